The van der Waals surface area contributed by atoms with Crippen LogP contribution in [-0.2, 0) is 7.05 Å². The minimum Gasteiger partial charge on any atom is -0.301 e. The van der Waals surface area contributed by atoms with E-state index in [0.717, 1.165) is 5.82 Å². The first kappa shape index (κ1) is 13.7. The fourth-order valence-electron chi connectivity index (χ4n) is 2.18. The van der Waals surface area contributed by atoms with Crippen molar-refractivity contribution < 1.29 is 0 Å². The van der Waals surface area contributed by atoms with Crippen LogP contribution < -0.4 is 5.32 Å². The molecule has 1 N–H and O–H groups in total. The largest absolute Gasteiger partial charge is 0.301 e. The van der Waals surface area contributed by atoms with Crippen molar-refractivity contribution in [1.82, 2.24) is 25.5 Å². The Morgan fingerprint density at radius 3 is 2.42 bits per heavy atom. The third-order valence-electron chi connectivity index (χ3n) is 3.57. The SMILES string of the molecule is Cc1ccc([C@@H](C)N[C@H](C)c2nnnn2C)cc1C. The number of aromatic nitrogens is 4. The number of nitrogens with one attached hydrogen (secondary N) is 1. The molecule has 0 unspecified atom stereocenters. The minimum atomic E-state index is 0.108. The molecule has 0 spiro atoms. The van der Waals surface area contributed by atoms with E-state index in [4.69, 9.17) is 0 Å². The number of hydrogen-bond donors (Lipinski definition) is 1. The lowest BCUT2D eigenvalue weighted by Gasteiger charge is -2.20. The van der Waals surface area contributed by atoms with Crippen LogP contribution in [0, 0.1) is 13.8 Å². The predicted molar refractivity (Wildman–Crippen MR) is 74.7 cm³/mol. The second-order valence-electron chi connectivity index (χ2n) is 5.11. The van der Waals surface area contributed by atoms with Crippen LogP contribution in [0.1, 0.15) is 48.4 Å². The zero-order valence-corrected chi connectivity index (χ0v) is 12.2. The van der Waals surface area contributed by atoms with Crippen LogP contribution in [0.2, 0.25) is 0 Å². The van der Waals surface area contributed by atoms with Gasteiger partial charge in [0, 0.05) is 13.1 Å². The molecule has 2 rings (SSSR count). The molecule has 0 radical (unpaired) electrons. The Kier molecular flexibility index (Phi) is 3.95. The van der Waals surface area contributed by atoms with Gasteiger partial charge in [-0.25, -0.2) is 4.68 Å². The van der Waals surface area contributed by atoms with E-state index in [1.54, 1.807) is 4.68 Å². The van der Waals surface area contributed by atoms with Crippen LogP contribution >= 0.6 is 0 Å². The van der Waals surface area contributed by atoms with Crippen LogP contribution in [0.15, 0.2) is 18.2 Å². The molecule has 1 aromatic carbocycles. The van der Waals surface area contributed by atoms with E-state index in [1.807, 2.05) is 7.05 Å². The molecule has 0 aliphatic carbocycles. The first-order valence-electron chi connectivity index (χ1n) is 6.54. The van der Waals surface area contributed by atoms with Gasteiger partial charge >= 0.3 is 0 Å². The van der Waals surface area contributed by atoms with Gasteiger partial charge in [0.1, 0.15) is 0 Å². The minimum absolute atomic E-state index is 0.108. The average molecular weight is 259 g/mol. The average Bonchev–Trinajstić information content (AvgIpc) is 2.79. The second-order valence-corrected chi connectivity index (χ2v) is 5.11. The number of nitrogens with zero attached hydrogens (tertiary/aromatic N) is 4. The summed E-state index contributed by atoms with van der Waals surface area (Å²) in [4.78, 5) is 0. The van der Waals surface area contributed by atoms with Crippen molar-refractivity contribution in [3.63, 3.8) is 0 Å². The van der Waals surface area contributed by atoms with E-state index in [0.29, 0.717) is 0 Å². The monoisotopic (exact) mass is 259 g/mol. The topological polar surface area (TPSA) is 55.6 Å². The quantitative estimate of drug-likeness (QED) is 0.915. The van der Waals surface area contributed by atoms with Crippen molar-refractivity contribution in [2.24, 2.45) is 7.05 Å². The molecule has 19 heavy (non-hydrogen) atoms. The summed E-state index contributed by atoms with van der Waals surface area (Å²) in [6.45, 7) is 8.50. The molecule has 0 saturated carbocycles. The number of tetrazole rings is 1. The Morgan fingerprint density at radius 2 is 1.84 bits per heavy atom. The first-order chi connectivity index (χ1) is 8.99. The summed E-state index contributed by atoms with van der Waals surface area (Å²) in [5, 5.41) is 15.1. The molecule has 1 heterocycles. The molecular formula is C14H21N5. The maximum Gasteiger partial charge on any atom is 0.167 e. The van der Waals surface area contributed by atoms with E-state index in [2.05, 4.69) is 66.7 Å². The van der Waals surface area contributed by atoms with Gasteiger partial charge in [-0.2, -0.15) is 0 Å². The van der Waals surface area contributed by atoms with E-state index >= 15 is 0 Å². The molecule has 5 nitrogen and oxygen atoms in total. The third kappa shape index (κ3) is 2.98. The summed E-state index contributed by atoms with van der Waals surface area (Å²) in [5.74, 6) is 0.843. The fraction of sp³-hybridized carbons (Fsp3) is 0.500. The lowest BCUT2D eigenvalue weighted by atomic mass is 10.0. The summed E-state index contributed by atoms with van der Waals surface area (Å²) >= 11 is 0. The number of aryl methyl sites for hydroxylation is 3. The zero-order valence-electron chi connectivity index (χ0n) is 12.2. The Balaban J connectivity index is 2.10. The van der Waals surface area contributed by atoms with Crippen LogP contribution in [0.25, 0.3) is 0 Å². The van der Waals surface area contributed by atoms with Crippen molar-refractivity contribution in [2.75, 3.05) is 0 Å². The van der Waals surface area contributed by atoms with Crippen molar-refractivity contribution in [1.29, 1.82) is 0 Å². The van der Waals surface area contributed by atoms with Crippen LogP contribution in [-0.4, -0.2) is 20.2 Å². The molecular weight excluding hydrogens is 238 g/mol. The standard InChI is InChI=1S/C14H21N5/c1-9-6-7-13(8-10(9)2)11(3)15-12(4)14-16-17-18-19(14)5/h6-8,11-12,15H,1-5H3/t11-,12-/m1/s1. The molecule has 0 bridgehead atoms. The van der Waals surface area contributed by atoms with Crippen LogP contribution in [0.4, 0.5) is 0 Å². The van der Waals surface area contributed by atoms with Crippen molar-refractivity contribution >= 4 is 0 Å². The number of rotatable bonds is 4. The molecule has 2 aromatic rings. The molecule has 2 atom stereocenters. The highest BCUT2D eigenvalue weighted by Gasteiger charge is 2.16. The molecule has 0 aliphatic rings. The van der Waals surface area contributed by atoms with Gasteiger partial charge in [0.2, 0.25) is 0 Å². The van der Waals surface area contributed by atoms with Gasteiger partial charge in [0.25, 0.3) is 0 Å². The highest BCUT2D eigenvalue weighted by molar-refractivity contribution is 5.31. The van der Waals surface area contributed by atoms with Crippen molar-refractivity contribution in [2.45, 2.75) is 39.8 Å². The van der Waals surface area contributed by atoms with Gasteiger partial charge < -0.3 is 5.32 Å². The second kappa shape index (κ2) is 5.48. The van der Waals surface area contributed by atoms with Gasteiger partial charge in [-0.3, -0.25) is 0 Å². The molecule has 0 amide bonds. The third-order valence-corrected chi connectivity index (χ3v) is 3.57. The fourth-order valence-corrected chi connectivity index (χ4v) is 2.18. The van der Waals surface area contributed by atoms with Gasteiger partial charge in [0.15, 0.2) is 5.82 Å². The molecule has 5 heteroatoms. The van der Waals surface area contributed by atoms with E-state index in [9.17, 15) is 0 Å². The Bertz CT molecular complexity index is 561. The lowest BCUT2D eigenvalue weighted by Crippen LogP contribution is -2.25. The molecule has 0 saturated heterocycles. The molecule has 0 aliphatic heterocycles. The summed E-state index contributed by atoms with van der Waals surface area (Å²) in [7, 11) is 1.86. The van der Waals surface area contributed by atoms with E-state index in [1.165, 1.54) is 16.7 Å². The van der Waals surface area contributed by atoms with Crippen LogP contribution in [0.5, 0.6) is 0 Å². The van der Waals surface area contributed by atoms with Gasteiger partial charge in [-0.1, -0.05) is 18.2 Å². The molecule has 102 valence electrons. The Labute approximate surface area is 114 Å². The van der Waals surface area contributed by atoms with Crippen molar-refractivity contribution in [3.8, 4) is 0 Å². The highest BCUT2D eigenvalue weighted by Crippen LogP contribution is 2.20. The first-order valence-corrected chi connectivity index (χ1v) is 6.54. The smallest absolute Gasteiger partial charge is 0.167 e. The summed E-state index contributed by atoms with van der Waals surface area (Å²) in [6.07, 6.45) is 0. The van der Waals surface area contributed by atoms with Gasteiger partial charge in [-0.05, 0) is 54.8 Å². The zero-order chi connectivity index (χ0) is 14.0. The molecule has 0 fully saturated rings. The van der Waals surface area contributed by atoms with Gasteiger partial charge in [0.05, 0.1) is 6.04 Å². The van der Waals surface area contributed by atoms with E-state index in [-0.39, 0.29) is 12.1 Å². The highest BCUT2D eigenvalue weighted by atomic mass is 15.5. The number of benzene rings is 1. The summed E-state index contributed by atoms with van der Waals surface area (Å²) < 4.78 is 1.70. The van der Waals surface area contributed by atoms with Crippen LogP contribution in [0.3, 0.4) is 0 Å². The van der Waals surface area contributed by atoms with E-state index < -0.39 is 0 Å². The van der Waals surface area contributed by atoms with Crippen molar-refractivity contribution in [3.05, 3.63) is 40.7 Å². The summed E-state index contributed by atoms with van der Waals surface area (Å²) in [6, 6.07) is 6.93. The maximum atomic E-state index is 4.03. The number of hydrogen-bond acceptors (Lipinski definition) is 4. The van der Waals surface area contributed by atoms with Gasteiger partial charge in [-0.15, -0.1) is 5.10 Å². The normalized spacial score (nSPS) is 14.4. The lowest BCUT2D eigenvalue weighted by molar-refractivity contribution is 0.460. The predicted octanol–water partition coefficient (Wildman–Crippen LogP) is 2.24. The Morgan fingerprint density at radius 1 is 1.11 bits per heavy atom. The molecule has 1 aromatic heterocycles. The summed E-state index contributed by atoms with van der Waals surface area (Å²) in [5.41, 5.74) is 3.92. The Hall–Kier alpha value is -1.75. The maximum absolute atomic E-state index is 4.03.